The molecule has 3 heteroatoms. The fourth-order valence-electron chi connectivity index (χ4n) is 1.10. The van der Waals surface area contributed by atoms with Gasteiger partial charge in [0.15, 0.2) is 0 Å². The normalized spacial score (nSPS) is 12.9. The molecule has 0 aliphatic heterocycles. The average molecular weight is 221 g/mol. The predicted molar refractivity (Wildman–Crippen MR) is 55.0 cm³/mol. The van der Waals surface area contributed by atoms with Crippen molar-refractivity contribution in [3.05, 3.63) is 34.6 Å². The highest BCUT2D eigenvalue weighted by Gasteiger charge is 2.06. The first-order valence-electron chi connectivity index (χ1n) is 4.18. The lowest BCUT2D eigenvalue weighted by molar-refractivity contribution is 0.625. The van der Waals surface area contributed by atoms with E-state index in [1.54, 1.807) is 6.07 Å². The van der Waals surface area contributed by atoms with Gasteiger partial charge in [0, 0.05) is 5.38 Å². The second-order valence-corrected chi connectivity index (χ2v) is 4.16. The summed E-state index contributed by atoms with van der Waals surface area (Å²) in [6, 6.07) is 4.84. The molecule has 0 aromatic heterocycles. The largest absolute Gasteiger partial charge is 0.205 e. The monoisotopic (exact) mass is 220 g/mol. The van der Waals surface area contributed by atoms with Gasteiger partial charge in [-0.05, 0) is 31.4 Å². The summed E-state index contributed by atoms with van der Waals surface area (Å²) in [7, 11) is 0. The smallest absolute Gasteiger partial charge is 0.142 e. The molecule has 0 saturated heterocycles. The van der Waals surface area contributed by atoms with Crippen LogP contribution in [0.3, 0.4) is 0 Å². The minimum absolute atomic E-state index is 0.0966. The Morgan fingerprint density at radius 2 is 2.15 bits per heavy atom. The maximum absolute atomic E-state index is 12.9. The molecule has 0 saturated carbocycles. The molecule has 0 aliphatic carbocycles. The van der Waals surface area contributed by atoms with E-state index in [9.17, 15) is 4.39 Å². The molecule has 0 nitrogen and oxygen atoms in total. The lowest BCUT2D eigenvalue weighted by atomic mass is 10.1. The van der Waals surface area contributed by atoms with Gasteiger partial charge in [0.25, 0.3) is 0 Å². The lowest BCUT2D eigenvalue weighted by Crippen LogP contribution is -1.96. The van der Waals surface area contributed by atoms with E-state index in [1.807, 2.05) is 13.0 Å². The second kappa shape index (κ2) is 4.83. The second-order valence-electron chi connectivity index (χ2n) is 3.03. The average Bonchev–Trinajstić information content (AvgIpc) is 2.07. The molecule has 0 bridgehead atoms. The number of aryl methyl sites for hydroxylation is 1. The van der Waals surface area contributed by atoms with Crippen molar-refractivity contribution in [1.82, 2.24) is 0 Å². The van der Waals surface area contributed by atoms with E-state index in [-0.39, 0.29) is 16.2 Å². The lowest BCUT2D eigenvalue weighted by Gasteiger charge is -2.05. The van der Waals surface area contributed by atoms with Gasteiger partial charge in [0.1, 0.15) is 5.82 Å². The Balaban J connectivity index is 2.71. The van der Waals surface area contributed by atoms with Gasteiger partial charge in [0.05, 0.1) is 5.02 Å². The molecule has 72 valence electrons. The predicted octanol–water partition coefficient (Wildman–Crippen LogP) is 4.04. The number of alkyl halides is 1. The maximum atomic E-state index is 12.9. The Kier molecular flexibility index (Phi) is 4.01. The van der Waals surface area contributed by atoms with Crippen molar-refractivity contribution < 1.29 is 4.39 Å². The Bertz CT molecular complexity index is 284. The molecule has 1 aromatic rings. The van der Waals surface area contributed by atoms with Gasteiger partial charge in [-0.1, -0.05) is 23.7 Å². The summed E-state index contributed by atoms with van der Waals surface area (Å²) in [6.45, 7) is 1.91. The Morgan fingerprint density at radius 1 is 1.46 bits per heavy atom. The van der Waals surface area contributed by atoms with Crippen LogP contribution in [0.1, 0.15) is 18.9 Å². The van der Waals surface area contributed by atoms with Gasteiger partial charge in [-0.25, -0.2) is 4.39 Å². The van der Waals surface area contributed by atoms with E-state index in [0.29, 0.717) is 0 Å². The van der Waals surface area contributed by atoms with Crippen LogP contribution in [0, 0.1) is 5.82 Å². The molecule has 0 radical (unpaired) electrons. The summed E-state index contributed by atoms with van der Waals surface area (Å²) in [5.41, 5.74) is 0.828. The van der Waals surface area contributed by atoms with Crippen molar-refractivity contribution in [2.24, 2.45) is 0 Å². The molecule has 13 heavy (non-hydrogen) atoms. The summed E-state index contributed by atoms with van der Waals surface area (Å²) < 4.78 is 12.9. The molecule has 1 aromatic carbocycles. The molecular formula is C10H11Cl2F. The molecule has 0 aliphatic rings. The summed E-state index contributed by atoms with van der Waals surface area (Å²) in [5, 5.41) is 0.319. The molecule has 1 unspecified atom stereocenters. The third-order valence-electron chi connectivity index (χ3n) is 1.84. The highest BCUT2D eigenvalue weighted by molar-refractivity contribution is 6.31. The Morgan fingerprint density at radius 3 is 2.77 bits per heavy atom. The fourth-order valence-corrected chi connectivity index (χ4v) is 1.43. The first-order chi connectivity index (χ1) is 6.11. The van der Waals surface area contributed by atoms with Gasteiger partial charge in [-0.2, -0.15) is 0 Å². The van der Waals surface area contributed by atoms with Crippen LogP contribution in [0.5, 0.6) is 0 Å². The minimum Gasteiger partial charge on any atom is -0.205 e. The summed E-state index contributed by atoms with van der Waals surface area (Å²) in [4.78, 5) is 0. The van der Waals surface area contributed by atoms with Crippen LogP contribution in [0.15, 0.2) is 18.2 Å². The van der Waals surface area contributed by atoms with Crippen LogP contribution in [0.2, 0.25) is 5.02 Å². The van der Waals surface area contributed by atoms with Gasteiger partial charge < -0.3 is 0 Å². The van der Waals surface area contributed by atoms with E-state index >= 15 is 0 Å². The topological polar surface area (TPSA) is 0 Å². The van der Waals surface area contributed by atoms with Crippen molar-refractivity contribution >= 4 is 23.2 Å². The summed E-state index contributed by atoms with van der Waals surface area (Å²) >= 11 is 11.5. The number of hydrogen-bond donors (Lipinski definition) is 0. The van der Waals surface area contributed by atoms with Crippen LogP contribution in [0.4, 0.5) is 4.39 Å². The van der Waals surface area contributed by atoms with E-state index in [2.05, 4.69) is 0 Å². The van der Waals surface area contributed by atoms with Crippen LogP contribution in [0.25, 0.3) is 0 Å². The van der Waals surface area contributed by atoms with E-state index < -0.39 is 0 Å². The molecule has 0 amide bonds. The fraction of sp³-hybridized carbons (Fsp3) is 0.400. The number of rotatable bonds is 3. The number of hydrogen-bond acceptors (Lipinski definition) is 0. The van der Waals surface area contributed by atoms with Crippen LogP contribution >= 0.6 is 23.2 Å². The maximum Gasteiger partial charge on any atom is 0.142 e. The quantitative estimate of drug-likeness (QED) is 0.675. The van der Waals surface area contributed by atoms with Crippen molar-refractivity contribution in [3.63, 3.8) is 0 Å². The highest BCUT2D eigenvalue weighted by atomic mass is 35.5. The molecule has 0 heterocycles. The molecule has 1 rings (SSSR count). The minimum atomic E-state index is -0.360. The van der Waals surface area contributed by atoms with Crippen molar-refractivity contribution in [1.29, 1.82) is 0 Å². The third kappa shape index (κ3) is 3.17. The van der Waals surface area contributed by atoms with Crippen molar-refractivity contribution in [2.75, 3.05) is 0 Å². The first-order valence-corrected chi connectivity index (χ1v) is 4.99. The number of halogens is 3. The first kappa shape index (κ1) is 10.8. The third-order valence-corrected chi connectivity index (χ3v) is 2.48. The standard InChI is InChI=1S/C10H11Cl2F/c1-7(11)5-6-8-3-2-4-9(13)10(8)12/h2-4,7H,5-6H2,1H3. The summed E-state index contributed by atoms with van der Waals surface area (Å²) in [5.74, 6) is -0.360. The highest BCUT2D eigenvalue weighted by Crippen LogP contribution is 2.21. The zero-order valence-corrected chi connectivity index (χ0v) is 8.87. The zero-order valence-electron chi connectivity index (χ0n) is 7.36. The van der Waals surface area contributed by atoms with Gasteiger partial charge in [-0.3, -0.25) is 0 Å². The van der Waals surface area contributed by atoms with Crippen LogP contribution < -0.4 is 0 Å². The molecular weight excluding hydrogens is 210 g/mol. The van der Waals surface area contributed by atoms with Gasteiger partial charge >= 0.3 is 0 Å². The van der Waals surface area contributed by atoms with Gasteiger partial charge in [0.2, 0.25) is 0 Å². The Labute approximate surface area is 87.7 Å². The van der Waals surface area contributed by atoms with Crippen molar-refractivity contribution in [3.8, 4) is 0 Å². The van der Waals surface area contributed by atoms with E-state index in [1.165, 1.54) is 6.07 Å². The van der Waals surface area contributed by atoms with E-state index in [4.69, 9.17) is 23.2 Å². The Hall–Kier alpha value is -0.270. The van der Waals surface area contributed by atoms with Crippen LogP contribution in [-0.4, -0.2) is 5.38 Å². The van der Waals surface area contributed by atoms with Crippen LogP contribution in [-0.2, 0) is 6.42 Å². The zero-order chi connectivity index (χ0) is 9.84. The SMILES string of the molecule is CC(Cl)CCc1cccc(F)c1Cl. The molecule has 0 N–H and O–H groups in total. The summed E-state index contributed by atoms with van der Waals surface area (Å²) in [6.07, 6.45) is 1.53. The van der Waals surface area contributed by atoms with E-state index in [0.717, 1.165) is 18.4 Å². The van der Waals surface area contributed by atoms with Crippen molar-refractivity contribution in [2.45, 2.75) is 25.1 Å². The molecule has 0 fully saturated rings. The van der Waals surface area contributed by atoms with Gasteiger partial charge in [-0.15, -0.1) is 11.6 Å². The molecule has 1 atom stereocenters. The number of benzene rings is 1. The molecule has 0 spiro atoms.